The molecule has 0 bridgehead atoms. The number of hydrogen-bond acceptors (Lipinski definition) is 26. The van der Waals surface area contributed by atoms with Crippen molar-refractivity contribution in [2.45, 2.75) is 73.9 Å². The van der Waals surface area contributed by atoms with Gasteiger partial charge in [0.05, 0.1) is 51.6 Å². The number of rotatable bonds is 23. The van der Waals surface area contributed by atoms with Gasteiger partial charge in [0.25, 0.3) is 17.1 Å². The molecule has 0 aromatic carbocycles. The molecule has 0 saturated carbocycles. The van der Waals surface area contributed by atoms with Crippen LogP contribution in [0.25, 0.3) is 22.3 Å². The highest BCUT2D eigenvalue weighted by molar-refractivity contribution is 7.64. The zero-order valence-electron chi connectivity index (χ0n) is 39.9. The number of H-pyrrole nitrogens is 2. The van der Waals surface area contributed by atoms with Crippen molar-refractivity contribution in [2.24, 2.45) is 13.0 Å². The average Bonchev–Trinajstić information content (AvgIpc) is 4.17. The Hall–Kier alpha value is -4.58. The van der Waals surface area contributed by atoms with E-state index in [9.17, 15) is 67.5 Å². The zero-order chi connectivity index (χ0) is 55.2. The van der Waals surface area contributed by atoms with E-state index in [2.05, 4.69) is 29.2 Å². The Morgan fingerprint density at radius 3 is 2.18 bits per heavy atom. The lowest BCUT2D eigenvalue weighted by Crippen LogP contribution is -2.45. The summed E-state index contributed by atoms with van der Waals surface area (Å²) in [5.74, 6) is -1.10. The fourth-order valence-corrected chi connectivity index (χ4v) is 14.4. The Balaban J connectivity index is 0.918. The largest absolute Gasteiger partial charge is 0.479 e. The van der Waals surface area contributed by atoms with Crippen LogP contribution in [0.2, 0.25) is 0 Å². The Kier molecular flexibility index (Phi) is 17.2. The summed E-state index contributed by atoms with van der Waals surface area (Å²) in [6, 6.07) is 0.937. The molecule has 0 spiro atoms. The number of nitrogens with zero attached hydrogens (tertiary/aromatic N) is 8. The molecule has 5 aromatic heterocycles. The summed E-state index contributed by atoms with van der Waals surface area (Å²) in [6.45, 7) is -2.70. The molecule has 0 amide bonds. The number of fused-ring (bicyclic) bond motifs is 2. The van der Waals surface area contributed by atoms with E-state index >= 15 is 0 Å². The number of aromatic nitrogens is 10. The third-order valence-corrected chi connectivity index (χ3v) is 18.1. The van der Waals surface area contributed by atoms with E-state index in [-0.39, 0.29) is 47.1 Å². The molecule has 40 heteroatoms. The van der Waals surface area contributed by atoms with Crippen LogP contribution in [0.15, 0.2) is 45.6 Å². The van der Waals surface area contributed by atoms with Gasteiger partial charge >= 0.3 is 42.2 Å². The van der Waals surface area contributed by atoms with Crippen LogP contribution < -0.4 is 32.8 Å². The molecule has 8 rings (SSSR count). The van der Waals surface area contributed by atoms with E-state index in [0.717, 1.165) is 30.3 Å². The first-order valence-corrected chi connectivity index (χ1v) is 28.9. The first-order valence-electron chi connectivity index (χ1n) is 22.4. The second-order valence-electron chi connectivity index (χ2n) is 17.4. The predicted molar refractivity (Wildman–Crippen MR) is 250 cm³/mol. The molecule has 13 N–H and O–H groups in total. The van der Waals surface area contributed by atoms with Crippen LogP contribution in [0.5, 0.6) is 0 Å². The summed E-state index contributed by atoms with van der Waals surface area (Å²) in [5.41, 5.74) is 9.59. The minimum absolute atomic E-state index is 0.0404. The highest BCUT2D eigenvalue weighted by Gasteiger charge is 2.53. The van der Waals surface area contributed by atoms with Crippen LogP contribution >= 0.6 is 30.8 Å². The first-order chi connectivity index (χ1) is 35.7. The maximum atomic E-state index is 13.6. The van der Waals surface area contributed by atoms with E-state index in [1.807, 2.05) is 4.98 Å². The summed E-state index contributed by atoms with van der Waals surface area (Å²) in [7, 11) is -17.3. The van der Waals surface area contributed by atoms with Crippen molar-refractivity contribution in [2.75, 3.05) is 64.4 Å². The Morgan fingerprint density at radius 2 is 1.47 bits per heavy atom. The number of aromatic amines is 2. The molecular weight excluding hydrogens is 1110 g/mol. The number of nitrogen functional groups attached to an aromatic ring is 2. The Labute approximate surface area is 425 Å². The lowest BCUT2D eigenvalue weighted by molar-refractivity contribution is -0.745. The number of imidazole rings is 2. The van der Waals surface area contributed by atoms with E-state index in [0.29, 0.717) is 0 Å². The van der Waals surface area contributed by atoms with Crippen LogP contribution in [-0.2, 0) is 71.4 Å². The number of phosphoric acid groups is 2. The third-order valence-electron chi connectivity index (χ3n) is 12.3. The van der Waals surface area contributed by atoms with Gasteiger partial charge in [0.2, 0.25) is 11.7 Å². The van der Waals surface area contributed by atoms with Crippen LogP contribution in [0.4, 0.5) is 11.8 Å². The second kappa shape index (κ2) is 22.6. The van der Waals surface area contributed by atoms with Gasteiger partial charge in [-0.2, -0.15) is 0 Å². The smallest absolute Gasteiger partial charge is 0.387 e. The zero-order valence-corrected chi connectivity index (χ0v) is 43.4. The molecule has 76 heavy (non-hydrogen) atoms. The second-order valence-corrected chi connectivity index (χ2v) is 24.3. The molecule has 0 radical (unpaired) electrons. The lowest BCUT2D eigenvalue weighted by Gasteiger charge is -2.26. The minimum atomic E-state index is -5.71. The Bertz CT molecular complexity index is 3300. The molecule has 3 aliphatic rings. The van der Waals surface area contributed by atoms with Gasteiger partial charge in [-0.3, -0.25) is 56.0 Å². The van der Waals surface area contributed by atoms with Crippen molar-refractivity contribution in [1.29, 1.82) is 0 Å². The van der Waals surface area contributed by atoms with Gasteiger partial charge in [0.1, 0.15) is 54.6 Å². The maximum absolute atomic E-state index is 13.6. The molecule has 3 saturated heterocycles. The number of methoxy groups -OCH3 is 2. The highest BCUT2D eigenvalue weighted by atomic mass is 31.3. The summed E-state index contributed by atoms with van der Waals surface area (Å²) < 4.78 is 112. The van der Waals surface area contributed by atoms with Crippen molar-refractivity contribution < 1.29 is 104 Å². The molecule has 3 fully saturated rings. The van der Waals surface area contributed by atoms with E-state index in [1.165, 1.54) is 40.5 Å². The highest BCUT2D eigenvalue weighted by Crippen LogP contribution is 2.62. The van der Waals surface area contributed by atoms with Gasteiger partial charge in [-0.05, 0) is 6.42 Å². The van der Waals surface area contributed by atoms with E-state index < -0.39 is 153 Å². The normalized spacial score (nSPS) is 30.1. The van der Waals surface area contributed by atoms with Crippen molar-refractivity contribution >= 4 is 64.9 Å². The van der Waals surface area contributed by atoms with Crippen molar-refractivity contribution in [3.8, 4) is 0 Å². The number of phosphoric ester groups is 2. The molecular formula is C36H53N12O24P4+. The molecule has 5 aromatic rings. The number of aliphatic hydroxyl groups excluding tert-OH is 3. The monoisotopic (exact) mass is 1160 g/mol. The number of anilines is 2. The quantitative estimate of drug-likeness (QED) is 0.0224. The summed E-state index contributed by atoms with van der Waals surface area (Å²) >= 11 is 0. The Morgan fingerprint density at radius 1 is 0.789 bits per heavy atom. The summed E-state index contributed by atoms with van der Waals surface area (Å²) in [5, 5.41) is 32.7. The minimum Gasteiger partial charge on any atom is -0.387 e. The molecule has 4 unspecified atom stereocenters. The fourth-order valence-electron chi connectivity index (χ4n) is 8.73. The predicted octanol–water partition coefficient (Wildman–Crippen LogP) is -3.43. The first kappa shape index (κ1) is 57.6. The summed E-state index contributed by atoms with van der Waals surface area (Å²) in [4.78, 5) is 100. The number of aliphatic hydroxyl groups is 3. The van der Waals surface area contributed by atoms with E-state index in [1.54, 1.807) is 0 Å². The van der Waals surface area contributed by atoms with Gasteiger partial charge in [0, 0.05) is 39.0 Å². The van der Waals surface area contributed by atoms with Crippen LogP contribution in [0, 0.1) is 5.92 Å². The van der Waals surface area contributed by atoms with Crippen LogP contribution in [0.1, 0.15) is 25.1 Å². The SMILES string of the molecule is COCC[C@H]1[C@@H](O)[C@H]([n+]2cn(C)c3c(=O)[nH]c(N)nc32)O[C@@H]1COP(=O)(O)CCP(=O)(O)OP(=O)(O)OC[C@H]1O[C@@H](n2cnc3c(N)ncnc32)[C@H](OC)[C@@H]1OP(=O)(O)OC[C@H]1O[C@@H](n2ccc(=O)[nH]c2=O)[C@H](O)[C@@H]1O. The maximum Gasteiger partial charge on any atom is 0.479 e. The van der Waals surface area contributed by atoms with E-state index in [4.69, 9.17) is 53.2 Å². The number of aryl methyl sites for hydroxylation is 1. The standard InChI is InChI=1S/C36H52N12O24P4/c1-45-15-48(30-22(45)31(53)44-35(38)43-30)32-23(50)16(5-7-63-2)17(68-32)10-65-73(55,56)8-9-74(57,58)72-76(61,62)67-12-19-26(27(64-3)34(70-19)47-14-41-21-28(37)39-13-40-29(21)47)71-75(59,60)66-11-18-24(51)25(52)33(69-18)46-6-4-20(49)42-36(46)54/h4,6,13-19,23-27,32-34,50-52H,5,7-12H2,1-3H3,(H9-,37,38,39,40,42,43,44,49,53,54,55,56,57,58,59,60,61,62)/p+1/t16-,17-,18-,19-,23-,24-,25-,26-,27-,32-,33-,34-/m1/s1. The van der Waals surface area contributed by atoms with Crippen molar-refractivity contribution in [1.82, 2.24) is 43.6 Å². The van der Waals surface area contributed by atoms with Gasteiger partial charge in [-0.15, -0.1) is 0 Å². The lowest BCUT2D eigenvalue weighted by atomic mass is 9.95. The van der Waals surface area contributed by atoms with Crippen LogP contribution in [-0.4, -0.2) is 180 Å². The number of ether oxygens (including phenoxy) is 5. The summed E-state index contributed by atoms with van der Waals surface area (Å²) in [6.07, 6.45) is -14.6. The van der Waals surface area contributed by atoms with Crippen molar-refractivity contribution in [3.63, 3.8) is 0 Å². The molecule has 420 valence electrons. The average molecular weight is 1160 g/mol. The molecule has 16 atom stereocenters. The van der Waals surface area contributed by atoms with Gasteiger partial charge in [-0.25, -0.2) is 37.8 Å². The van der Waals surface area contributed by atoms with Crippen molar-refractivity contribution in [3.05, 3.63) is 62.4 Å². The number of nitrogens with one attached hydrogen (secondary N) is 2. The van der Waals surface area contributed by atoms with Crippen LogP contribution in [0.3, 0.4) is 0 Å². The third kappa shape index (κ3) is 12.5. The number of hydrogen-bond donors (Lipinski definition) is 11. The topological polar surface area (TPSA) is 507 Å². The molecule has 36 nitrogen and oxygen atoms in total. The molecule has 3 aliphatic heterocycles. The fraction of sp³-hybridized carbons (Fsp3) is 0.611. The number of nitrogens with two attached hydrogens (primary N) is 2. The molecule has 0 aliphatic carbocycles. The van der Waals surface area contributed by atoms with Gasteiger partial charge in [0.15, 0.2) is 30.2 Å². The molecule has 8 heterocycles. The van der Waals surface area contributed by atoms with Gasteiger partial charge in [-0.1, -0.05) is 4.98 Å². The van der Waals surface area contributed by atoms with Gasteiger partial charge < -0.3 is 74.6 Å².